The minimum absolute atomic E-state index is 0.0208. The fraction of sp³-hybridized carbons (Fsp3) is 0.133. The molecular formula is C30H25FN4O4. The van der Waals surface area contributed by atoms with Gasteiger partial charge in [0.25, 0.3) is 11.5 Å². The molecule has 39 heavy (non-hydrogen) atoms. The van der Waals surface area contributed by atoms with Crippen LogP contribution in [0.2, 0.25) is 0 Å². The van der Waals surface area contributed by atoms with Gasteiger partial charge in [-0.3, -0.25) is 19.1 Å². The molecule has 5 aromatic rings. The molecule has 1 amide bonds. The number of nitrogens with one attached hydrogen (secondary N) is 1. The van der Waals surface area contributed by atoms with E-state index in [1.165, 1.54) is 28.8 Å². The van der Waals surface area contributed by atoms with E-state index in [2.05, 4.69) is 15.3 Å². The quantitative estimate of drug-likeness (QED) is 0.297. The first-order valence-corrected chi connectivity index (χ1v) is 12.1. The number of ether oxygens (including phenoxy) is 2. The number of methoxy groups -OCH3 is 1. The highest BCUT2D eigenvalue weighted by Crippen LogP contribution is 2.29. The second kappa shape index (κ2) is 10.4. The Labute approximate surface area is 223 Å². The van der Waals surface area contributed by atoms with E-state index in [1.54, 1.807) is 69.7 Å². The molecule has 0 unspecified atom stereocenters. The van der Waals surface area contributed by atoms with Gasteiger partial charge in [0.15, 0.2) is 5.75 Å². The smallest absolute Gasteiger partial charge is 0.268 e. The number of anilines is 1. The van der Waals surface area contributed by atoms with Gasteiger partial charge >= 0.3 is 0 Å². The van der Waals surface area contributed by atoms with Crippen LogP contribution < -0.4 is 20.3 Å². The van der Waals surface area contributed by atoms with E-state index < -0.39 is 17.3 Å². The lowest BCUT2D eigenvalue weighted by Crippen LogP contribution is -2.32. The molecule has 8 nitrogen and oxygen atoms in total. The van der Waals surface area contributed by atoms with Gasteiger partial charge in [-0.1, -0.05) is 0 Å². The van der Waals surface area contributed by atoms with E-state index in [-0.39, 0.29) is 5.56 Å². The highest BCUT2D eigenvalue weighted by molar-refractivity contribution is 6.05. The number of hydrogen-bond acceptors (Lipinski definition) is 6. The van der Waals surface area contributed by atoms with Gasteiger partial charge in [0.2, 0.25) is 0 Å². The fourth-order valence-corrected chi connectivity index (χ4v) is 4.33. The number of fused-ring (bicyclic) bond motifs is 1. The molecule has 0 bridgehead atoms. The molecule has 0 saturated heterocycles. The van der Waals surface area contributed by atoms with E-state index in [0.717, 1.165) is 5.56 Å². The van der Waals surface area contributed by atoms with Gasteiger partial charge in [-0.2, -0.15) is 0 Å². The number of benzene rings is 2. The van der Waals surface area contributed by atoms with Crippen LogP contribution in [0.5, 0.6) is 17.2 Å². The molecule has 0 aliphatic heterocycles. The van der Waals surface area contributed by atoms with Crippen LogP contribution in [0, 0.1) is 26.6 Å². The predicted molar refractivity (Wildman–Crippen MR) is 147 cm³/mol. The summed E-state index contributed by atoms with van der Waals surface area (Å²) in [6.45, 7) is 5.39. The van der Waals surface area contributed by atoms with Crippen molar-refractivity contribution in [2.45, 2.75) is 20.8 Å². The molecule has 1 N–H and O–H groups in total. The number of carbonyl (C=O) groups excluding carboxylic acids is 1. The molecule has 9 heteroatoms. The van der Waals surface area contributed by atoms with Gasteiger partial charge in [0.1, 0.15) is 28.4 Å². The van der Waals surface area contributed by atoms with Gasteiger partial charge in [0.05, 0.1) is 18.8 Å². The number of nitrogens with zero attached hydrogens (tertiary/aromatic N) is 3. The van der Waals surface area contributed by atoms with Gasteiger partial charge < -0.3 is 14.8 Å². The molecule has 0 fully saturated rings. The third-order valence-electron chi connectivity index (χ3n) is 6.64. The summed E-state index contributed by atoms with van der Waals surface area (Å²) in [5, 5.41) is 2.80. The molecule has 0 aliphatic carbocycles. The number of halogens is 1. The summed E-state index contributed by atoms with van der Waals surface area (Å²) in [6.07, 6.45) is 3.21. The molecule has 0 saturated carbocycles. The Morgan fingerprint density at radius 3 is 2.33 bits per heavy atom. The lowest BCUT2D eigenvalue weighted by molar-refractivity contribution is 0.102. The summed E-state index contributed by atoms with van der Waals surface area (Å²) in [4.78, 5) is 35.4. The van der Waals surface area contributed by atoms with Crippen LogP contribution in [0.25, 0.3) is 16.7 Å². The Balaban J connectivity index is 1.40. The van der Waals surface area contributed by atoms with Gasteiger partial charge in [0, 0.05) is 35.4 Å². The van der Waals surface area contributed by atoms with E-state index in [4.69, 9.17) is 9.47 Å². The average molecular weight is 525 g/mol. The Morgan fingerprint density at radius 2 is 1.64 bits per heavy atom. The molecule has 3 heterocycles. The first-order chi connectivity index (χ1) is 18.8. The van der Waals surface area contributed by atoms with Crippen molar-refractivity contribution in [3.05, 3.63) is 112 Å². The maximum absolute atomic E-state index is 13.5. The largest absolute Gasteiger partial charge is 0.495 e. The van der Waals surface area contributed by atoms with Crippen molar-refractivity contribution in [1.29, 1.82) is 0 Å². The SMILES string of the molecule is COc1cnc2c(Oc3ccc(NC(=O)c4c(C)c(C)c(C)n(-c5ccc(F)cc5)c4=O)cc3)ccnc2c1. The van der Waals surface area contributed by atoms with E-state index in [0.29, 0.717) is 50.9 Å². The van der Waals surface area contributed by atoms with E-state index >= 15 is 0 Å². The molecule has 0 aliphatic rings. The standard InChI is InChI=1S/C30H25FN4O4/c1-17-18(2)27(30(37)35(19(17)3)22-9-5-20(31)6-10-22)29(36)34-21-7-11-23(12-8-21)39-26-13-14-32-25-15-24(38-4)16-33-28(25)26/h5-16H,1-4H3,(H,34,36). The Morgan fingerprint density at radius 1 is 0.923 bits per heavy atom. The molecule has 0 atom stereocenters. The van der Waals surface area contributed by atoms with Gasteiger partial charge in [-0.25, -0.2) is 9.37 Å². The summed E-state index contributed by atoms with van der Waals surface area (Å²) < 4.78 is 26.1. The fourth-order valence-electron chi connectivity index (χ4n) is 4.33. The number of aromatic nitrogens is 3. The van der Waals surface area contributed by atoms with E-state index in [1.807, 2.05) is 6.92 Å². The Kier molecular flexibility index (Phi) is 6.81. The van der Waals surface area contributed by atoms with Crippen molar-refractivity contribution in [2.24, 2.45) is 0 Å². The normalized spacial score (nSPS) is 10.9. The number of carbonyl (C=O) groups is 1. The molecule has 0 spiro atoms. The third-order valence-corrected chi connectivity index (χ3v) is 6.64. The minimum Gasteiger partial charge on any atom is -0.495 e. The maximum Gasteiger partial charge on any atom is 0.268 e. The van der Waals surface area contributed by atoms with Crippen molar-refractivity contribution in [1.82, 2.24) is 14.5 Å². The summed E-state index contributed by atoms with van der Waals surface area (Å²) in [5.74, 6) is 0.692. The van der Waals surface area contributed by atoms with Crippen molar-refractivity contribution >= 4 is 22.6 Å². The van der Waals surface area contributed by atoms with Gasteiger partial charge in [-0.05, 0) is 80.4 Å². The Bertz CT molecular complexity index is 1760. The average Bonchev–Trinajstić information content (AvgIpc) is 2.94. The summed E-state index contributed by atoms with van der Waals surface area (Å²) in [7, 11) is 1.56. The molecular weight excluding hydrogens is 499 g/mol. The molecule has 5 rings (SSSR count). The van der Waals surface area contributed by atoms with Gasteiger partial charge in [-0.15, -0.1) is 0 Å². The van der Waals surface area contributed by atoms with Crippen molar-refractivity contribution < 1.29 is 18.7 Å². The molecule has 2 aromatic carbocycles. The Hall–Kier alpha value is -5.05. The maximum atomic E-state index is 13.5. The van der Waals surface area contributed by atoms with Crippen molar-refractivity contribution in [2.75, 3.05) is 12.4 Å². The van der Waals surface area contributed by atoms with Crippen LogP contribution in [-0.2, 0) is 0 Å². The second-order valence-electron chi connectivity index (χ2n) is 8.96. The zero-order valence-corrected chi connectivity index (χ0v) is 21.8. The highest BCUT2D eigenvalue weighted by Gasteiger charge is 2.21. The first kappa shape index (κ1) is 25.6. The molecule has 0 radical (unpaired) electrons. The van der Waals surface area contributed by atoms with Crippen LogP contribution in [0.1, 0.15) is 27.2 Å². The van der Waals surface area contributed by atoms with E-state index in [9.17, 15) is 14.0 Å². The number of amides is 1. The minimum atomic E-state index is -0.539. The van der Waals surface area contributed by atoms with Crippen LogP contribution in [0.15, 0.2) is 77.9 Å². The number of rotatable bonds is 6. The summed E-state index contributed by atoms with van der Waals surface area (Å²) >= 11 is 0. The lowest BCUT2D eigenvalue weighted by Gasteiger charge is -2.18. The molecule has 3 aromatic heterocycles. The first-order valence-electron chi connectivity index (χ1n) is 12.1. The zero-order valence-electron chi connectivity index (χ0n) is 21.8. The van der Waals surface area contributed by atoms with Crippen molar-refractivity contribution in [3.8, 4) is 22.9 Å². The van der Waals surface area contributed by atoms with Crippen LogP contribution in [0.4, 0.5) is 10.1 Å². The highest BCUT2D eigenvalue weighted by atomic mass is 19.1. The summed E-state index contributed by atoms with van der Waals surface area (Å²) in [6, 6.07) is 15.8. The third kappa shape index (κ3) is 4.94. The monoisotopic (exact) mass is 524 g/mol. The van der Waals surface area contributed by atoms with Crippen LogP contribution in [-0.4, -0.2) is 27.6 Å². The van der Waals surface area contributed by atoms with Crippen molar-refractivity contribution in [3.63, 3.8) is 0 Å². The van der Waals surface area contributed by atoms with Crippen LogP contribution >= 0.6 is 0 Å². The van der Waals surface area contributed by atoms with Crippen LogP contribution in [0.3, 0.4) is 0 Å². The lowest BCUT2D eigenvalue weighted by atomic mass is 10.0. The second-order valence-corrected chi connectivity index (χ2v) is 8.96. The zero-order chi connectivity index (χ0) is 27.7. The topological polar surface area (TPSA) is 95.3 Å². The number of hydrogen-bond donors (Lipinski definition) is 1. The number of pyridine rings is 3. The molecule has 196 valence electrons. The predicted octanol–water partition coefficient (Wildman–Crippen LogP) is 5.90. The summed E-state index contributed by atoms with van der Waals surface area (Å²) in [5.41, 5.74) is 3.78.